The van der Waals surface area contributed by atoms with Crippen LogP contribution in [0.25, 0.3) is 0 Å². The van der Waals surface area contributed by atoms with Gasteiger partial charge in [0.25, 0.3) is 0 Å². The summed E-state index contributed by atoms with van der Waals surface area (Å²) in [6, 6.07) is 21.6. The first-order chi connectivity index (χ1) is 8.83. The molecule has 0 aliphatic carbocycles. The molecule has 18 heavy (non-hydrogen) atoms. The van der Waals surface area contributed by atoms with Gasteiger partial charge in [-0.05, 0) is 29.7 Å². The molecular formula is C16H12N2. The number of nitrogens with zero attached hydrogens (tertiary/aromatic N) is 2. The molecule has 0 bridgehead atoms. The fourth-order valence-corrected chi connectivity index (χ4v) is 1.87. The molecule has 2 heteroatoms. The van der Waals surface area contributed by atoms with Gasteiger partial charge in [0.15, 0.2) is 0 Å². The Bertz CT molecular complexity index is 586. The Labute approximate surface area is 107 Å². The SMILES string of the molecule is N#Cc1ccc(CC(C#N)c2ccccc2)cc1. The Morgan fingerprint density at radius 2 is 1.56 bits per heavy atom. The Kier molecular flexibility index (Phi) is 3.74. The highest BCUT2D eigenvalue weighted by atomic mass is 14.3. The van der Waals surface area contributed by atoms with Crippen LogP contribution < -0.4 is 0 Å². The zero-order valence-corrected chi connectivity index (χ0v) is 9.88. The molecule has 0 aromatic heterocycles. The zero-order chi connectivity index (χ0) is 12.8. The minimum atomic E-state index is -0.140. The van der Waals surface area contributed by atoms with Crippen LogP contribution in [-0.4, -0.2) is 0 Å². The maximum absolute atomic E-state index is 9.24. The highest BCUT2D eigenvalue weighted by molar-refractivity contribution is 5.34. The first-order valence-corrected chi connectivity index (χ1v) is 5.77. The molecule has 2 aromatic rings. The average molecular weight is 232 g/mol. The smallest absolute Gasteiger partial charge is 0.0991 e. The van der Waals surface area contributed by atoms with Crippen LogP contribution in [-0.2, 0) is 6.42 Å². The Balaban J connectivity index is 2.17. The van der Waals surface area contributed by atoms with Crippen molar-refractivity contribution in [3.05, 3.63) is 71.3 Å². The van der Waals surface area contributed by atoms with E-state index in [1.165, 1.54) is 0 Å². The van der Waals surface area contributed by atoms with E-state index in [-0.39, 0.29) is 5.92 Å². The number of rotatable bonds is 3. The minimum Gasteiger partial charge on any atom is -0.198 e. The van der Waals surface area contributed by atoms with E-state index in [1.54, 1.807) is 12.1 Å². The van der Waals surface area contributed by atoms with Gasteiger partial charge in [-0.25, -0.2) is 0 Å². The predicted octanol–water partition coefficient (Wildman–Crippen LogP) is 3.41. The fourth-order valence-electron chi connectivity index (χ4n) is 1.87. The monoisotopic (exact) mass is 232 g/mol. The molecular weight excluding hydrogens is 220 g/mol. The van der Waals surface area contributed by atoms with Gasteiger partial charge in [0, 0.05) is 0 Å². The van der Waals surface area contributed by atoms with Crippen LogP contribution in [0.3, 0.4) is 0 Å². The van der Waals surface area contributed by atoms with Crippen molar-refractivity contribution in [1.82, 2.24) is 0 Å². The van der Waals surface area contributed by atoms with Crippen LogP contribution in [0, 0.1) is 22.7 Å². The summed E-state index contributed by atoms with van der Waals surface area (Å²) in [6.07, 6.45) is 0.673. The van der Waals surface area contributed by atoms with Crippen molar-refractivity contribution in [2.24, 2.45) is 0 Å². The lowest BCUT2D eigenvalue weighted by molar-refractivity contribution is 0.849. The molecule has 0 N–H and O–H groups in total. The molecule has 2 aromatic carbocycles. The van der Waals surface area contributed by atoms with Crippen molar-refractivity contribution in [3.63, 3.8) is 0 Å². The number of benzene rings is 2. The molecule has 0 saturated heterocycles. The Morgan fingerprint density at radius 3 is 2.11 bits per heavy atom. The first-order valence-electron chi connectivity index (χ1n) is 5.77. The van der Waals surface area contributed by atoms with Crippen molar-refractivity contribution < 1.29 is 0 Å². The van der Waals surface area contributed by atoms with Crippen molar-refractivity contribution in [2.75, 3.05) is 0 Å². The number of hydrogen-bond donors (Lipinski definition) is 0. The summed E-state index contributed by atoms with van der Waals surface area (Å²) >= 11 is 0. The van der Waals surface area contributed by atoms with Crippen molar-refractivity contribution in [3.8, 4) is 12.1 Å². The molecule has 0 saturated carbocycles. The topological polar surface area (TPSA) is 47.6 Å². The lowest BCUT2D eigenvalue weighted by Gasteiger charge is -2.09. The summed E-state index contributed by atoms with van der Waals surface area (Å²) in [5, 5.41) is 18.0. The molecule has 0 amide bonds. The lowest BCUT2D eigenvalue weighted by atomic mass is 9.93. The van der Waals surface area contributed by atoms with E-state index in [0.717, 1.165) is 11.1 Å². The number of nitriles is 2. The average Bonchev–Trinajstić information content (AvgIpc) is 2.46. The van der Waals surface area contributed by atoms with E-state index in [2.05, 4.69) is 12.1 Å². The Hall–Kier alpha value is -2.58. The molecule has 2 nitrogen and oxygen atoms in total. The van der Waals surface area contributed by atoms with Gasteiger partial charge in [-0.1, -0.05) is 42.5 Å². The van der Waals surface area contributed by atoms with Gasteiger partial charge in [-0.2, -0.15) is 10.5 Å². The molecule has 86 valence electrons. The van der Waals surface area contributed by atoms with Gasteiger partial charge < -0.3 is 0 Å². The summed E-state index contributed by atoms with van der Waals surface area (Å²) in [5.74, 6) is -0.140. The third-order valence-corrected chi connectivity index (χ3v) is 2.88. The molecule has 1 atom stereocenters. The van der Waals surface area contributed by atoms with Crippen LogP contribution in [0.15, 0.2) is 54.6 Å². The zero-order valence-electron chi connectivity index (χ0n) is 9.88. The normalized spacial score (nSPS) is 11.2. The standard InChI is InChI=1S/C16H12N2/c17-11-14-8-6-13(7-9-14)10-16(12-18)15-4-2-1-3-5-15/h1-9,16H,10H2. The van der Waals surface area contributed by atoms with Gasteiger partial charge in [0.1, 0.15) is 0 Å². The van der Waals surface area contributed by atoms with Gasteiger partial charge in [-0.15, -0.1) is 0 Å². The summed E-state index contributed by atoms with van der Waals surface area (Å²) in [6.45, 7) is 0. The highest BCUT2D eigenvalue weighted by Crippen LogP contribution is 2.20. The van der Waals surface area contributed by atoms with Crippen LogP contribution in [0.1, 0.15) is 22.6 Å². The summed E-state index contributed by atoms with van der Waals surface area (Å²) in [7, 11) is 0. The van der Waals surface area contributed by atoms with Gasteiger partial charge in [0.05, 0.1) is 23.6 Å². The lowest BCUT2D eigenvalue weighted by Crippen LogP contribution is -2.00. The maximum atomic E-state index is 9.24. The van der Waals surface area contributed by atoms with E-state index in [9.17, 15) is 5.26 Å². The van der Waals surface area contributed by atoms with Crippen LogP contribution in [0.5, 0.6) is 0 Å². The van der Waals surface area contributed by atoms with Crippen molar-refractivity contribution >= 4 is 0 Å². The van der Waals surface area contributed by atoms with E-state index in [1.807, 2.05) is 42.5 Å². The largest absolute Gasteiger partial charge is 0.198 e. The second kappa shape index (κ2) is 5.66. The molecule has 0 aliphatic rings. The van der Waals surface area contributed by atoms with Crippen molar-refractivity contribution in [1.29, 1.82) is 10.5 Å². The van der Waals surface area contributed by atoms with Crippen LogP contribution in [0.4, 0.5) is 0 Å². The van der Waals surface area contributed by atoms with Crippen LogP contribution in [0.2, 0.25) is 0 Å². The first kappa shape index (κ1) is 11.9. The molecule has 0 fully saturated rings. The molecule has 2 rings (SSSR count). The summed E-state index contributed by atoms with van der Waals surface area (Å²) in [4.78, 5) is 0. The predicted molar refractivity (Wildman–Crippen MR) is 69.7 cm³/mol. The van der Waals surface area contributed by atoms with Gasteiger partial charge in [-0.3, -0.25) is 0 Å². The third kappa shape index (κ3) is 2.75. The van der Waals surface area contributed by atoms with E-state index >= 15 is 0 Å². The second-order valence-corrected chi connectivity index (χ2v) is 4.11. The summed E-state index contributed by atoms with van der Waals surface area (Å²) in [5.41, 5.74) is 2.75. The molecule has 1 unspecified atom stereocenters. The Morgan fingerprint density at radius 1 is 0.889 bits per heavy atom. The quantitative estimate of drug-likeness (QED) is 0.814. The van der Waals surface area contributed by atoms with E-state index in [0.29, 0.717) is 12.0 Å². The fraction of sp³-hybridized carbons (Fsp3) is 0.125. The highest BCUT2D eigenvalue weighted by Gasteiger charge is 2.10. The van der Waals surface area contributed by atoms with Gasteiger partial charge in [0.2, 0.25) is 0 Å². The molecule has 0 spiro atoms. The molecule has 0 heterocycles. The van der Waals surface area contributed by atoms with E-state index < -0.39 is 0 Å². The van der Waals surface area contributed by atoms with Crippen molar-refractivity contribution in [2.45, 2.75) is 12.3 Å². The third-order valence-electron chi connectivity index (χ3n) is 2.88. The van der Waals surface area contributed by atoms with E-state index in [4.69, 9.17) is 5.26 Å². The minimum absolute atomic E-state index is 0.140. The molecule has 0 radical (unpaired) electrons. The van der Waals surface area contributed by atoms with Gasteiger partial charge >= 0.3 is 0 Å². The van der Waals surface area contributed by atoms with Crippen LogP contribution >= 0.6 is 0 Å². The second-order valence-electron chi connectivity index (χ2n) is 4.11. The summed E-state index contributed by atoms with van der Waals surface area (Å²) < 4.78 is 0. The number of hydrogen-bond acceptors (Lipinski definition) is 2. The molecule has 0 aliphatic heterocycles. The maximum Gasteiger partial charge on any atom is 0.0991 e.